The summed E-state index contributed by atoms with van der Waals surface area (Å²) in [5.41, 5.74) is 3.83. The standard InChI is InChI=1S/C21H20N2O3S/c1-14-7-6-9-18(11-14)23(16(3)24)21-22-17(13-27-21)12-26-20(25)19-10-5-4-8-15(19)2/h4-11,13H,12H2,1-3H3. The van der Waals surface area contributed by atoms with E-state index in [0.717, 1.165) is 16.8 Å². The lowest BCUT2D eigenvalue weighted by Crippen LogP contribution is -2.22. The lowest BCUT2D eigenvalue weighted by molar-refractivity contribution is -0.115. The lowest BCUT2D eigenvalue weighted by Gasteiger charge is -2.18. The molecule has 3 rings (SSSR count). The van der Waals surface area contributed by atoms with Crippen LogP contribution in [0.4, 0.5) is 10.8 Å². The van der Waals surface area contributed by atoms with Gasteiger partial charge in [0.2, 0.25) is 5.91 Å². The first-order valence-corrected chi connectivity index (χ1v) is 9.38. The van der Waals surface area contributed by atoms with Crippen molar-refractivity contribution in [2.45, 2.75) is 27.4 Å². The molecule has 138 valence electrons. The number of hydrogen-bond donors (Lipinski definition) is 0. The highest BCUT2D eigenvalue weighted by Crippen LogP contribution is 2.29. The van der Waals surface area contributed by atoms with E-state index in [-0.39, 0.29) is 18.5 Å². The number of anilines is 2. The molecule has 0 spiro atoms. The van der Waals surface area contributed by atoms with Gasteiger partial charge in [-0.15, -0.1) is 11.3 Å². The molecule has 0 aliphatic rings. The summed E-state index contributed by atoms with van der Waals surface area (Å²) in [5.74, 6) is -0.511. The third-order valence-electron chi connectivity index (χ3n) is 4.02. The minimum absolute atomic E-state index is 0.0588. The van der Waals surface area contributed by atoms with E-state index in [9.17, 15) is 9.59 Å². The number of esters is 1. The minimum Gasteiger partial charge on any atom is -0.456 e. The highest BCUT2D eigenvalue weighted by Gasteiger charge is 2.19. The summed E-state index contributed by atoms with van der Waals surface area (Å²) < 4.78 is 5.38. The van der Waals surface area contributed by atoms with E-state index in [1.165, 1.54) is 18.3 Å². The molecule has 0 N–H and O–H groups in total. The smallest absolute Gasteiger partial charge is 0.338 e. The van der Waals surface area contributed by atoms with E-state index in [4.69, 9.17) is 4.74 Å². The summed E-state index contributed by atoms with van der Waals surface area (Å²) in [5, 5.41) is 2.35. The molecule has 0 bridgehead atoms. The van der Waals surface area contributed by atoms with E-state index in [0.29, 0.717) is 16.4 Å². The number of carbonyl (C=O) groups excluding carboxylic acids is 2. The van der Waals surface area contributed by atoms with Crippen LogP contribution in [-0.2, 0) is 16.1 Å². The summed E-state index contributed by atoms with van der Waals surface area (Å²) >= 11 is 1.34. The maximum Gasteiger partial charge on any atom is 0.338 e. The highest BCUT2D eigenvalue weighted by atomic mass is 32.1. The fraction of sp³-hybridized carbons (Fsp3) is 0.190. The van der Waals surface area contributed by atoms with E-state index >= 15 is 0 Å². The van der Waals surface area contributed by atoms with Gasteiger partial charge in [-0.3, -0.25) is 9.69 Å². The Morgan fingerprint density at radius 2 is 1.89 bits per heavy atom. The monoisotopic (exact) mass is 380 g/mol. The third kappa shape index (κ3) is 4.41. The van der Waals surface area contributed by atoms with Crippen molar-refractivity contribution in [1.29, 1.82) is 0 Å². The molecular formula is C21H20N2O3S. The van der Waals surface area contributed by atoms with Gasteiger partial charge < -0.3 is 4.74 Å². The maximum atomic E-state index is 12.2. The molecule has 0 saturated heterocycles. The van der Waals surface area contributed by atoms with Crippen molar-refractivity contribution in [3.63, 3.8) is 0 Å². The van der Waals surface area contributed by atoms with Crippen molar-refractivity contribution in [2.75, 3.05) is 4.90 Å². The van der Waals surface area contributed by atoms with E-state index < -0.39 is 0 Å². The molecule has 0 aliphatic carbocycles. The second-order valence-corrected chi connectivity index (χ2v) is 7.04. The van der Waals surface area contributed by atoms with Gasteiger partial charge in [0.15, 0.2) is 5.13 Å². The van der Waals surface area contributed by atoms with Crippen molar-refractivity contribution in [2.24, 2.45) is 0 Å². The van der Waals surface area contributed by atoms with Crippen molar-refractivity contribution >= 4 is 34.0 Å². The summed E-state index contributed by atoms with van der Waals surface area (Å²) in [6.07, 6.45) is 0. The number of nitrogens with zero attached hydrogens (tertiary/aromatic N) is 2. The molecule has 1 heterocycles. The first-order valence-electron chi connectivity index (χ1n) is 8.50. The second kappa shape index (κ2) is 8.14. The average molecular weight is 380 g/mol. The molecule has 1 aromatic heterocycles. The SMILES string of the molecule is CC(=O)N(c1cccc(C)c1)c1nc(COC(=O)c2ccccc2C)cs1. The number of rotatable bonds is 5. The number of thiazole rings is 1. The normalized spacial score (nSPS) is 10.5. The lowest BCUT2D eigenvalue weighted by atomic mass is 10.1. The largest absolute Gasteiger partial charge is 0.456 e. The van der Waals surface area contributed by atoms with Gasteiger partial charge in [0.1, 0.15) is 6.61 Å². The van der Waals surface area contributed by atoms with Crippen LogP contribution in [0.2, 0.25) is 0 Å². The minimum atomic E-state index is -0.384. The Kier molecular flexibility index (Phi) is 5.66. The molecular weight excluding hydrogens is 360 g/mol. The summed E-state index contributed by atoms with van der Waals surface area (Å²) in [6, 6.07) is 15.0. The van der Waals surface area contributed by atoms with Crippen LogP contribution in [0.25, 0.3) is 0 Å². The van der Waals surface area contributed by atoms with Gasteiger partial charge in [-0.25, -0.2) is 9.78 Å². The van der Waals surface area contributed by atoms with Crippen molar-refractivity contribution < 1.29 is 14.3 Å². The number of amides is 1. The van der Waals surface area contributed by atoms with Gasteiger partial charge in [-0.05, 0) is 43.2 Å². The number of carbonyl (C=O) groups is 2. The molecule has 0 radical (unpaired) electrons. The molecule has 0 saturated carbocycles. The zero-order valence-corrected chi connectivity index (χ0v) is 16.2. The first-order chi connectivity index (χ1) is 13.0. The number of benzene rings is 2. The fourth-order valence-corrected chi connectivity index (χ4v) is 3.55. The molecule has 6 heteroatoms. The molecule has 0 atom stereocenters. The Balaban J connectivity index is 1.74. The maximum absolute atomic E-state index is 12.2. The van der Waals surface area contributed by atoms with Gasteiger partial charge in [0.25, 0.3) is 0 Å². The predicted octanol–water partition coefficient (Wildman–Crippen LogP) is 4.80. The van der Waals surface area contributed by atoms with Gasteiger partial charge in [-0.2, -0.15) is 0 Å². The van der Waals surface area contributed by atoms with E-state index in [2.05, 4.69) is 4.98 Å². The zero-order chi connectivity index (χ0) is 19.4. The Bertz CT molecular complexity index is 981. The van der Waals surface area contributed by atoms with Crippen molar-refractivity contribution in [3.8, 4) is 0 Å². The van der Waals surface area contributed by atoms with E-state index in [1.54, 1.807) is 22.4 Å². The molecule has 5 nitrogen and oxygen atoms in total. The van der Waals surface area contributed by atoms with Gasteiger partial charge in [-0.1, -0.05) is 30.3 Å². The van der Waals surface area contributed by atoms with Crippen LogP contribution < -0.4 is 4.90 Å². The number of aryl methyl sites for hydroxylation is 2. The summed E-state index contributed by atoms with van der Waals surface area (Å²) in [4.78, 5) is 30.4. The van der Waals surface area contributed by atoms with Gasteiger partial charge in [0.05, 0.1) is 16.9 Å². The summed E-state index contributed by atoms with van der Waals surface area (Å²) in [7, 11) is 0. The third-order valence-corrected chi connectivity index (χ3v) is 4.90. The van der Waals surface area contributed by atoms with Crippen LogP contribution in [-0.4, -0.2) is 16.9 Å². The van der Waals surface area contributed by atoms with E-state index in [1.807, 2.05) is 50.2 Å². The molecule has 2 aromatic carbocycles. The quantitative estimate of drug-likeness (QED) is 0.597. The number of aromatic nitrogens is 1. The van der Waals surface area contributed by atoms with Gasteiger partial charge >= 0.3 is 5.97 Å². The number of ether oxygens (including phenoxy) is 1. The average Bonchev–Trinajstić information content (AvgIpc) is 3.08. The number of hydrogen-bond acceptors (Lipinski definition) is 5. The Morgan fingerprint density at radius 3 is 2.59 bits per heavy atom. The highest BCUT2D eigenvalue weighted by molar-refractivity contribution is 7.14. The second-order valence-electron chi connectivity index (χ2n) is 6.21. The van der Waals surface area contributed by atoms with Crippen LogP contribution in [0.15, 0.2) is 53.9 Å². The molecule has 1 amide bonds. The molecule has 0 fully saturated rings. The first kappa shape index (κ1) is 18.8. The Labute approximate surface area is 162 Å². The summed E-state index contributed by atoms with van der Waals surface area (Å²) in [6.45, 7) is 5.40. The van der Waals surface area contributed by atoms with Crippen LogP contribution in [0.5, 0.6) is 0 Å². The molecule has 27 heavy (non-hydrogen) atoms. The van der Waals surface area contributed by atoms with Gasteiger partial charge in [0, 0.05) is 12.3 Å². The Hall–Kier alpha value is -2.99. The fourth-order valence-electron chi connectivity index (χ4n) is 2.68. The van der Waals surface area contributed by atoms with Crippen LogP contribution in [0, 0.1) is 13.8 Å². The van der Waals surface area contributed by atoms with Crippen molar-refractivity contribution in [3.05, 3.63) is 76.3 Å². The Morgan fingerprint density at radius 1 is 1.11 bits per heavy atom. The van der Waals surface area contributed by atoms with Crippen LogP contribution in [0.1, 0.15) is 34.1 Å². The van der Waals surface area contributed by atoms with Crippen LogP contribution in [0.3, 0.4) is 0 Å². The molecule has 0 aliphatic heterocycles. The van der Waals surface area contributed by atoms with Crippen molar-refractivity contribution in [1.82, 2.24) is 4.98 Å². The molecule has 0 unspecified atom stereocenters. The topological polar surface area (TPSA) is 59.5 Å². The molecule has 3 aromatic rings. The van der Waals surface area contributed by atoms with Crippen LogP contribution >= 0.6 is 11.3 Å². The predicted molar refractivity (Wildman–Crippen MR) is 106 cm³/mol. The zero-order valence-electron chi connectivity index (χ0n) is 15.4.